The van der Waals surface area contributed by atoms with Crippen LogP contribution in [0.15, 0.2) is 18.2 Å². The molecule has 1 rings (SSSR count). The first-order valence-corrected chi connectivity index (χ1v) is 7.35. The van der Waals surface area contributed by atoms with E-state index >= 15 is 0 Å². The van der Waals surface area contributed by atoms with E-state index in [0.29, 0.717) is 6.54 Å². The minimum atomic E-state index is -0.741. The van der Waals surface area contributed by atoms with Gasteiger partial charge in [0.15, 0.2) is 0 Å². The van der Waals surface area contributed by atoms with Crippen LogP contribution in [0, 0.1) is 15.9 Å². The molecule has 0 heterocycles. The molecule has 0 radical (unpaired) electrons. The molecule has 20 heavy (non-hydrogen) atoms. The zero-order valence-electron chi connectivity index (χ0n) is 11.1. The quantitative estimate of drug-likeness (QED) is 0.329. The van der Waals surface area contributed by atoms with Crippen LogP contribution in [0.3, 0.4) is 0 Å². The SMILES string of the molecule is CN(CCCCCBr)C(=O)c1ccc(F)cc1[N+](=O)[O-]. The summed E-state index contributed by atoms with van der Waals surface area (Å²) in [6, 6.07) is 2.98. The Morgan fingerprint density at radius 3 is 2.70 bits per heavy atom. The van der Waals surface area contributed by atoms with Crippen molar-refractivity contribution in [3.63, 3.8) is 0 Å². The topological polar surface area (TPSA) is 63.5 Å². The minimum Gasteiger partial charge on any atom is -0.341 e. The number of carbonyl (C=O) groups is 1. The van der Waals surface area contributed by atoms with Gasteiger partial charge in [-0.25, -0.2) is 4.39 Å². The van der Waals surface area contributed by atoms with E-state index in [9.17, 15) is 19.3 Å². The van der Waals surface area contributed by atoms with Crippen LogP contribution >= 0.6 is 15.9 Å². The molecule has 1 aromatic carbocycles. The Hall–Kier alpha value is -1.50. The lowest BCUT2D eigenvalue weighted by Crippen LogP contribution is -2.28. The number of hydrogen-bond donors (Lipinski definition) is 0. The number of hydrogen-bond acceptors (Lipinski definition) is 3. The number of alkyl halides is 1. The summed E-state index contributed by atoms with van der Waals surface area (Å²) in [5, 5.41) is 11.8. The maximum absolute atomic E-state index is 13.0. The lowest BCUT2D eigenvalue weighted by molar-refractivity contribution is -0.385. The molecule has 0 aliphatic heterocycles. The summed E-state index contributed by atoms with van der Waals surface area (Å²) in [4.78, 5) is 23.7. The van der Waals surface area contributed by atoms with Gasteiger partial charge in [-0.15, -0.1) is 0 Å². The van der Waals surface area contributed by atoms with Crippen molar-refractivity contribution in [2.24, 2.45) is 0 Å². The molecule has 1 amide bonds. The molecule has 0 aliphatic carbocycles. The fourth-order valence-electron chi connectivity index (χ4n) is 1.76. The maximum Gasteiger partial charge on any atom is 0.285 e. The average molecular weight is 347 g/mol. The van der Waals surface area contributed by atoms with Gasteiger partial charge < -0.3 is 4.90 Å². The Morgan fingerprint density at radius 1 is 1.40 bits per heavy atom. The number of carbonyl (C=O) groups excluding carboxylic acids is 1. The molecule has 0 spiro atoms. The summed E-state index contributed by atoms with van der Waals surface area (Å²) in [5.74, 6) is -1.19. The van der Waals surface area contributed by atoms with E-state index in [1.165, 1.54) is 4.90 Å². The van der Waals surface area contributed by atoms with Crippen LogP contribution in [0.2, 0.25) is 0 Å². The first kappa shape index (κ1) is 16.6. The highest BCUT2D eigenvalue weighted by molar-refractivity contribution is 9.09. The standard InChI is InChI=1S/C13H16BrFN2O3/c1-16(8-4-2-3-7-14)13(18)11-6-5-10(15)9-12(11)17(19)20/h5-6,9H,2-4,7-8H2,1H3. The van der Waals surface area contributed by atoms with Crippen molar-refractivity contribution in [3.8, 4) is 0 Å². The zero-order valence-corrected chi connectivity index (χ0v) is 12.7. The fourth-order valence-corrected chi connectivity index (χ4v) is 2.16. The second-order valence-electron chi connectivity index (χ2n) is 4.39. The third kappa shape index (κ3) is 4.56. The van der Waals surface area contributed by atoms with E-state index < -0.39 is 22.3 Å². The lowest BCUT2D eigenvalue weighted by atomic mass is 10.1. The van der Waals surface area contributed by atoms with Crippen LogP contribution < -0.4 is 0 Å². The number of nitro benzene ring substituents is 1. The highest BCUT2D eigenvalue weighted by Crippen LogP contribution is 2.21. The summed E-state index contributed by atoms with van der Waals surface area (Å²) >= 11 is 3.32. The van der Waals surface area contributed by atoms with Gasteiger partial charge >= 0.3 is 0 Å². The number of benzene rings is 1. The summed E-state index contributed by atoms with van der Waals surface area (Å²) in [6.45, 7) is 0.514. The van der Waals surface area contributed by atoms with Crippen molar-refractivity contribution in [2.45, 2.75) is 19.3 Å². The molecule has 0 fully saturated rings. The van der Waals surface area contributed by atoms with Crippen molar-refractivity contribution in [1.29, 1.82) is 0 Å². The lowest BCUT2D eigenvalue weighted by Gasteiger charge is -2.17. The number of rotatable bonds is 7. The summed E-state index contributed by atoms with van der Waals surface area (Å²) in [7, 11) is 1.59. The van der Waals surface area contributed by atoms with Gasteiger partial charge in [-0.1, -0.05) is 22.4 Å². The third-order valence-corrected chi connectivity index (χ3v) is 3.42. The minimum absolute atomic E-state index is 0.0839. The number of unbranched alkanes of at least 4 members (excludes halogenated alkanes) is 2. The Kier molecular flexibility index (Phi) is 6.57. The first-order valence-electron chi connectivity index (χ1n) is 6.22. The maximum atomic E-state index is 13.0. The van der Waals surface area contributed by atoms with Gasteiger partial charge in [0.25, 0.3) is 11.6 Å². The monoisotopic (exact) mass is 346 g/mol. The number of amides is 1. The third-order valence-electron chi connectivity index (χ3n) is 2.86. The molecule has 1 aromatic rings. The van der Waals surface area contributed by atoms with Gasteiger partial charge in [0.2, 0.25) is 0 Å². The predicted octanol–water partition coefficient (Wildman–Crippen LogP) is 3.37. The highest BCUT2D eigenvalue weighted by atomic mass is 79.9. The Morgan fingerprint density at radius 2 is 2.10 bits per heavy atom. The Balaban J connectivity index is 2.78. The van der Waals surface area contributed by atoms with Crippen LogP contribution in [0.5, 0.6) is 0 Å². The molecular formula is C13H16BrFN2O3. The van der Waals surface area contributed by atoms with Crippen molar-refractivity contribution < 1.29 is 14.1 Å². The summed E-state index contributed by atoms with van der Waals surface area (Å²) < 4.78 is 13.0. The van der Waals surface area contributed by atoms with Gasteiger partial charge in [-0.2, -0.15) is 0 Å². The van der Waals surface area contributed by atoms with Crippen LogP contribution in [0.1, 0.15) is 29.6 Å². The largest absolute Gasteiger partial charge is 0.341 e. The molecule has 110 valence electrons. The van der Waals surface area contributed by atoms with Gasteiger partial charge in [0.1, 0.15) is 11.4 Å². The second kappa shape index (κ2) is 7.94. The molecule has 7 heteroatoms. The van der Waals surface area contributed by atoms with Crippen LogP contribution in [0.4, 0.5) is 10.1 Å². The Labute approximate surface area is 125 Å². The van der Waals surface area contributed by atoms with E-state index in [4.69, 9.17) is 0 Å². The average Bonchev–Trinajstić information content (AvgIpc) is 2.42. The molecular weight excluding hydrogens is 331 g/mol. The van der Waals surface area contributed by atoms with Gasteiger partial charge in [-0.3, -0.25) is 14.9 Å². The van der Waals surface area contributed by atoms with Crippen LogP contribution in [-0.4, -0.2) is 34.7 Å². The smallest absolute Gasteiger partial charge is 0.285 e. The fraction of sp³-hybridized carbons (Fsp3) is 0.462. The molecule has 0 saturated heterocycles. The summed E-state index contributed by atoms with van der Waals surface area (Å²) in [6.07, 6.45) is 2.80. The van der Waals surface area contributed by atoms with E-state index in [2.05, 4.69) is 15.9 Å². The van der Waals surface area contributed by atoms with E-state index in [0.717, 1.165) is 42.8 Å². The van der Waals surface area contributed by atoms with Crippen molar-refractivity contribution >= 4 is 27.5 Å². The molecule has 0 unspecified atom stereocenters. The van der Waals surface area contributed by atoms with Gasteiger partial charge in [-0.05, 0) is 25.0 Å². The number of halogens is 2. The van der Waals surface area contributed by atoms with E-state index in [1.807, 2.05) is 0 Å². The molecule has 0 bridgehead atoms. The van der Waals surface area contributed by atoms with E-state index in [1.54, 1.807) is 7.05 Å². The number of nitrogens with zero attached hydrogens (tertiary/aromatic N) is 2. The normalized spacial score (nSPS) is 10.3. The molecule has 0 saturated carbocycles. The molecule has 0 N–H and O–H groups in total. The predicted molar refractivity (Wildman–Crippen MR) is 77.7 cm³/mol. The van der Waals surface area contributed by atoms with Crippen LogP contribution in [-0.2, 0) is 0 Å². The highest BCUT2D eigenvalue weighted by Gasteiger charge is 2.23. The van der Waals surface area contributed by atoms with Crippen molar-refractivity contribution in [3.05, 3.63) is 39.7 Å². The molecule has 0 atom stereocenters. The molecule has 0 aromatic heterocycles. The van der Waals surface area contributed by atoms with Gasteiger partial charge in [0.05, 0.1) is 11.0 Å². The van der Waals surface area contributed by atoms with Crippen molar-refractivity contribution in [2.75, 3.05) is 18.9 Å². The number of nitro groups is 1. The first-order chi connectivity index (χ1) is 9.47. The van der Waals surface area contributed by atoms with E-state index in [-0.39, 0.29) is 5.56 Å². The molecule has 0 aliphatic rings. The molecule has 5 nitrogen and oxygen atoms in total. The van der Waals surface area contributed by atoms with Crippen molar-refractivity contribution in [1.82, 2.24) is 4.90 Å². The zero-order chi connectivity index (χ0) is 15.1. The Bertz CT molecular complexity index is 497. The second-order valence-corrected chi connectivity index (χ2v) is 5.19. The van der Waals surface area contributed by atoms with Crippen LogP contribution in [0.25, 0.3) is 0 Å². The summed E-state index contributed by atoms with van der Waals surface area (Å²) in [5.41, 5.74) is -0.582. The van der Waals surface area contributed by atoms with Gasteiger partial charge in [0, 0.05) is 18.9 Å².